The van der Waals surface area contributed by atoms with E-state index in [-0.39, 0.29) is 6.61 Å². The third-order valence-corrected chi connectivity index (χ3v) is 2.82. The number of rotatable bonds is 5. The van der Waals surface area contributed by atoms with Crippen molar-refractivity contribution < 1.29 is 23.8 Å². The van der Waals surface area contributed by atoms with Gasteiger partial charge >= 0.3 is 12.1 Å². The summed E-state index contributed by atoms with van der Waals surface area (Å²) in [7, 11) is 2.60. The van der Waals surface area contributed by atoms with Gasteiger partial charge in [-0.25, -0.2) is 9.59 Å². The second-order valence-electron chi connectivity index (χ2n) is 3.40. The summed E-state index contributed by atoms with van der Waals surface area (Å²) in [6.07, 6.45) is -0.522. The van der Waals surface area contributed by atoms with Crippen LogP contribution in [0.2, 0.25) is 0 Å². The van der Waals surface area contributed by atoms with Gasteiger partial charge in [0.2, 0.25) is 0 Å². The molecule has 0 aliphatic rings. The van der Waals surface area contributed by atoms with E-state index < -0.39 is 12.1 Å². The number of halogens is 1. The van der Waals surface area contributed by atoms with Gasteiger partial charge in [0.1, 0.15) is 12.4 Å². The summed E-state index contributed by atoms with van der Waals surface area (Å²) >= 11 is 3.31. The number of amides is 1. The minimum absolute atomic E-state index is 0.248. The van der Waals surface area contributed by atoms with Crippen LogP contribution in [0.15, 0.2) is 22.7 Å². The Hall–Kier alpha value is -1.76. The molecule has 0 bridgehead atoms. The molecule has 0 heterocycles. The van der Waals surface area contributed by atoms with Gasteiger partial charge in [-0.2, -0.15) is 0 Å². The molecule has 1 N–H and O–H groups in total. The van der Waals surface area contributed by atoms with Gasteiger partial charge in [0.05, 0.1) is 30.8 Å². The third-order valence-electron chi connectivity index (χ3n) is 2.17. The molecular weight excluding hydrogens is 318 g/mol. The minimum atomic E-state index is -0.522. The van der Waals surface area contributed by atoms with Crippen LogP contribution in [0, 0.1) is 0 Å². The Morgan fingerprint density at radius 3 is 2.63 bits per heavy atom. The molecule has 0 spiro atoms. The molecule has 6 nitrogen and oxygen atoms in total. The molecule has 0 saturated carbocycles. The normalized spacial score (nSPS) is 9.63. The maximum atomic E-state index is 11.4. The molecule has 0 saturated heterocycles. The smallest absolute Gasteiger partial charge is 0.406 e. The SMILES string of the molecule is COC(=O)NCCOc1cc(C(=O)OC)ccc1Br. The van der Waals surface area contributed by atoms with E-state index in [2.05, 4.69) is 30.7 Å². The number of esters is 1. The molecule has 0 aliphatic carbocycles. The molecule has 1 amide bonds. The Morgan fingerprint density at radius 1 is 1.26 bits per heavy atom. The molecule has 104 valence electrons. The van der Waals surface area contributed by atoms with E-state index in [9.17, 15) is 9.59 Å². The monoisotopic (exact) mass is 331 g/mol. The van der Waals surface area contributed by atoms with Crippen LogP contribution >= 0.6 is 15.9 Å². The predicted octanol–water partition coefficient (Wildman–Crippen LogP) is 1.97. The van der Waals surface area contributed by atoms with Gasteiger partial charge in [0.25, 0.3) is 0 Å². The van der Waals surface area contributed by atoms with Crippen LogP contribution in [0.3, 0.4) is 0 Å². The van der Waals surface area contributed by atoms with Crippen molar-refractivity contribution in [3.63, 3.8) is 0 Å². The highest BCUT2D eigenvalue weighted by Gasteiger charge is 2.09. The van der Waals surface area contributed by atoms with Gasteiger partial charge < -0.3 is 19.5 Å². The first-order chi connectivity index (χ1) is 9.08. The zero-order valence-electron chi connectivity index (χ0n) is 10.6. The van der Waals surface area contributed by atoms with Crippen LogP contribution in [0.1, 0.15) is 10.4 Å². The molecule has 0 aliphatic heterocycles. The predicted molar refractivity (Wildman–Crippen MR) is 71.4 cm³/mol. The highest BCUT2D eigenvalue weighted by atomic mass is 79.9. The van der Waals surface area contributed by atoms with Crippen LogP contribution in [0.5, 0.6) is 5.75 Å². The number of methoxy groups -OCH3 is 2. The molecular formula is C12H14BrNO5. The van der Waals surface area contributed by atoms with E-state index in [0.29, 0.717) is 22.3 Å². The maximum absolute atomic E-state index is 11.4. The zero-order chi connectivity index (χ0) is 14.3. The minimum Gasteiger partial charge on any atom is -0.491 e. The summed E-state index contributed by atoms with van der Waals surface area (Å²) < 4.78 is 15.2. The van der Waals surface area contributed by atoms with Crippen LogP contribution < -0.4 is 10.1 Å². The van der Waals surface area contributed by atoms with Crippen LogP contribution in [0.25, 0.3) is 0 Å². The standard InChI is InChI=1S/C12H14BrNO5/c1-17-11(15)8-3-4-9(13)10(7-8)19-6-5-14-12(16)18-2/h3-4,7H,5-6H2,1-2H3,(H,14,16). The fourth-order valence-corrected chi connectivity index (χ4v) is 1.61. The van der Waals surface area contributed by atoms with E-state index in [1.807, 2.05) is 0 Å². The summed E-state index contributed by atoms with van der Waals surface area (Å²) in [5.41, 5.74) is 0.390. The summed E-state index contributed by atoms with van der Waals surface area (Å²) in [6, 6.07) is 4.87. The highest BCUT2D eigenvalue weighted by molar-refractivity contribution is 9.10. The van der Waals surface area contributed by atoms with Gasteiger partial charge in [-0.15, -0.1) is 0 Å². The second-order valence-corrected chi connectivity index (χ2v) is 4.26. The topological polar surface area (TPSA) is 73.9 Å². The van der Waals surface area contributed by atoms with E-state index in [4.69, 9.17) is 4.74 Å². The van der Waals surface area contributed by atoms with Crippen molar-refractivity contribution in [2.75, 3.05) is 27.4 Å². The lowest BCUT2D eigenvalue weighted by Gasteiger charge is -2.10. The average molecular weight is 332 g/mol. The molecule has 0 unspecified atom stereocenters. The number of carbonyl (C=O) groups excluding carboxylic acids is 2. The Bertz CT molecular complexity index is 463. The van der Waals surface area contributed by atoms with E-state index in [1.165, 1.54) is 14.2 Å². The summed E-state index contributed by atoms with van der Waals surface area (Å²) in [5, 5.41) is 2.48. The largest absolute Gasteiger partial charge is 0.491 e. The number of nitrogens with one attached hydrogen (secondary N) is 1. The first-order valence-corrected chi connectivity index (χ1v) is 6.20. The van der Waals surface area contributed by atoms with Gasteiger partial charge in [-0.05, 0) is 34.1 Å². The Labute approximate surface area is 119 Å². The van der Waals surface area contributed by atoms with Gasteiger partial charge in [-0.1, -0.05) is 0 Å². The summed E-state index contributed by atoms with van der Waals surface area (Å²) in [4.78, 5) is 22.2. The van der Waals surface area contributed by atoms with Crippen molar-refractivity contribution >= 4 is 28.0 Å². The fraction of sp³-hybridized carbons (Fsp3) is 0.333. The Morgan fingerprint density at radius 2 is 2.00 bits per heavy atom. The number of hydrogen-bond donors (Lipinski definition) is 1. The fourth-order valence-electron chi connectivity index (χ4n) is 1.25. The molecule has 1 rings (SSSR count). The lowest BCUT2D eigenvalue weighted by atomic mass is 10.2. The molecule has 1 aromatic rings. The number of carbonyl (C=O) groups is 2. The number of alkyl carbamates (subject to hydrolysis) is 1. The Balaban J connectivity index is 2.57. The van der Waals surface area contributed by atoms with Crippen LogP contribution in [-0.2, 0) is 9.47 Å². The van der Waals surface area contributed by atoms with Gasteiger partial charge in [0, 0.05) is 0 Å². The van der Waals surface area contributed by atoms with E-state index in [1.54, 1.807) is 18.2 Å². The van der Waals surface area contributed by atoms with E-state index >= 15 is 0 Å². The molecule has 1 aromatic carbocycles. The molecule has 0 fully saturated rings. The Kier molecular flexibility index (Phi) is 6.14. The van der Waals surface area contributed by atoms with Gasteiger partial charge in [-0.3, -0.25) is 0 Å². The van der Waals surface area contributed by atoms with Crippen LogP contribution in [0.4, 0.5) is 4.79 Å². The number of benzene rings is 1. The molecule has 19 heavy (non-hydrogen) atoms. The van der Waals surface area contributed by atoms with E-state index in [0.717, 1.165) is 0 Å². The van der Waals surface area contributed by atoms with Gasteiger partial charge in [0.15, 0.2) is 0 Å². The molecule has 7 heteroatoms. The molecule has 0 atom stereocenters. The summed E-state index contributed by atoms with van der Waals surface area (Å²) in [5.74, 6) is 0.0552. The highest BCUT2D eigenvalue weighted by Crippen LogP contribution is 2.26. The van der Waals surface area contributed by atoms with Crippen molar-refractivity contribution in [2.45, 2.75) is 0 Å². The lowest BCUT2D eigenvalue weighted by Crippen LogP contribution is -2.27. The quantitative estimate of drug-likeness (QED) is 0.659. The average Bonchev–Trinajstić information content (AvgIpc) is 2.44. The van der Waals surface area contributed by atoms with Crippen molar-refractivity contribution in [1.82, 2.24) is 5.32 Å². The molecule has 0 radical (unpaired) electrons. The van der Waals surface area contributed by atoms with Crippen LogP contribution in [-0.4, -0.2) is 39.4 Å². The summed E-state index contributed by atoms with van der Waals surface area (Å²) in [6.45, 7) is 0.542. The van der Waals surface area contributed by atoms with Crippen molar-refractivity contribution in [3.8, 4) is 5.75 Å². The first kappa shape index (κ1) is 15.3. The molecule has 0 aromatic heterocycles. The van der Waals surface area contributed by atoms with Crippen molar-refractivity contribution in [1.29, 1.82) is 0 Å². The maximum Gasteiger partial charge on any atom is 0.406 e. The third kappa shape index (κ3) is 4.78. The second kappa shape index (κ2) is 7.63. The van der Waals surface area contributed by atoms with Crippen molar-refractivity contribution in [3.05, 3.63) is 28.2 Å². The van der Waals surface area contributed by atoms with Crippen molar-refractivity contribution in [2.24, 2.45) is 0 Å². The first-order valence-electron chi connectivity index (χ1n) is 5.41. The number of ether oxygens (including phenoxy) is 3. The zero-order valence-corrected chi connectivity index (χ0v) is 12.2. The number of hydrogen-bond acceptors (Lipinski definition) is 5. The lowest BCUT2D eigenvalue weighted by molar-refractivity contribution is 0.0600.